The van der Waals surface area contributed by atoms with E-state index in [0.717, 1.165) is 50.3 Å². The fraction of sp³-hybridized carbons (Fsp3) is 0.591. The Labute approximate surface area is 171 Å². The van der Waals surface area contributed by atoms with E-state index in [9.17, 15) is 9.18 Å². The number of halogens is 1. The fourth-order valence-corrected chi connectivity index (χ4v) is 4.66. The maximum absolute atomic E-state index is 13.1. The van der Waals surface area contributed by atoms with Crippen molar-refractivity contribution >= 4 is 5.91 Å². The van der Waals surface area contributed by atoms with Gasteiger partial charge in [-0.2, -0.15) is 4.98 Å². The van der Waals surface area contributed by atoms with Crippen molar-refractivity contribution in [1.29, 1.82) is 0 Å². The van der Waals surface area contributed by atoms with Crippen LogP contribution in [0, 0.1) is 11.2 Å². The lowest BCUT2D eigenvalue weighted by molar-refractivity contribution is -0.132. The predicted octanol–water partition coefficient (Wildman–Crippen LogP) is 3.56. The molecule has 1 spiro atoms. The summed E-state index contributed by atoms with van der Waals surface area (Å²) in [5.74, 6) is 1.54. The van der Waals surface area contributed by atoms with E-state index in [1.54, 1.807) is 12.1 Å². The number of amides is 1. The summed E-state index contributed by atoms with van der Waals surface area (Å²) in [5, 5.41) is 4.23. The second-order valence-corrected chi connectivity index (χ2v) is 8.96. The number of piperidine rings is 1. The van der Waals surface area contributed by atoms with Gasteiger partial charge in [0.1, 0.15) is 5.82 Å². The van der Waals surface area contributed by atoms with Crippen molar-refractivity contribution in [2.45, 2.75) is 51.5 Å². The summed E-state index contributed by atoms with van der Waals surface area (Å²) in [6.07, 6.45) is 3.30. The van der Waals surface area contributed by atoms with Crippen LogP contribution in [0.15, 0.2) is 28.8 Å². The third-order valence-corrected chi connectivity index (χ3v) is 6.44. The van der Waals surface area contributed by atoms with Gasteiger partial charge in [-0.3, -0.25) is 9.69 Å². The van der Waals surface area contributed by atoms with Crippen LogP contribution in [0.4, 0.5) is 4.39 Å². The van der Waals surface area contributed by atoms with E-state index in [1.165, 1.54) is 12.1 Å². The van der Waals surface area contributed by atoms with E-state index in [4.69, 9.17) is 4.52 Å². The van der Waals surface area contributed by atoms with Crippen molar-refractivity contribution in [2.24, 2.45) is 5.41 Å². The van der Waals surface area contributed by atoms with Gasteiger partial charge in [-0.15, -0.1) is 0 Å². The lowest BCUT2D eigenvalue weighted by Gasteiger charge is -2.39. The summed E-state index contributed by atoms with van der Waals surface area (Å²) < 4.78 is 18.5. The minimum atomic E-state index is -0.275. The van der Waals surface area contributed by atoms with E-state index in [-0.39, 0.29) is 29.1 Å². The normalized spacial score (nSPS) is 22.0. The number of carbonyl (C=O) groups excluding carboxylic acids is 1. The van der Waals surface area contributed by atoms with Gasteiger partial charge in [-0.05, 0) is 49.4 Å². The van der Waals surface area contributed by atoms with Crippen LogP contribution in [0.2, 0.25) is 0 Å². The van der Waals surface area contributed by atoms with Crippen LogP contribution in [-0.2, 0) is 11.2 Å². The first kappa shape index (κ1) is 20.0. The Morgan fingerprint density at radius 2 is 1.97 bits per heavy atom. The zero-order chi connectivity index (χ0) is 20.6. The molecule has 29 heavy (non-hydrogen) atoms. The average Bonchev–Trinajstić information content (AvgIpc) is 3.29. The Bertz CT molecular complexity index is 856. The van der Waals surface area contributed by atoms with Crippen LogP contribution in [0.25, 0.3) is 0 Å². The van der Waals surface area contributed by atoms with Crippen LogP contribution < -0.4 is 0 Å². The molecule has 156 valence electrons. The van der Waals surface area contributed by atoms with Crippen LogP contribution in [0.3, 0.4) is 0 Å². The van der Waals surface area contributed by atoms with Gasteiger partial charge in [0.2, 0.25) is 11.8 Å². The first-order valence-corrected chi connectivity index (χ1v) is 10.4. The molecule has 0 N–H and O–H groups in total. The molecule has 2 aliphatic heterocycles. The molecule has 1 unspecified atom stereocenters. The van der Waals surface area contributed by atoms with Gasteiger partial charge >= 0.3 is 0 Å². The lowest BCUT2D eigenvalue weighted by atomic mass is 9.76. The average molecular weight is 400 g/mol. The summed E-state index contributed by atoms with van der Waals surface area (Å²) >= 11 is 0. The summed E-state index contributed by atoms with van der Waals surface area (Å²) in [7, 11) is 2.12. The zero-order valence-corrected chi connectivity index (χ0v) is 17.4. The molecule has 0 aliphatic carbocycles. The van der Waals surface area contributed by atoms with Crippen molar-refractivity contribution in [2.75, 3.05) is 26.7 Å². The van der Waals surface area contributed by atoms with Crippen LogP contribution >= 0.6 is 0 Å². The maximum atomic E-state index is 13.1. The lowest BCUT2D eigenvalue weighted by Crippen LogP contribution is -2.44. The molecule has 2 aliphatic rings. The number of carbonyl (C=O) groups is 1. The number of rotatable bonds is 4. The smallest absolute Gasteiger partial charge is 0.229 e. The molecular formula is C22H29FN4O2. The van der Waals surface area contributed by atoms with Gasteiger partial charge in [0.15, 0.2) is 5.82 Å². The number of hydrogen-bond donors (Lipinski definition) is 0. The van der Waals surface area contributed by atoms with Crippen molar-refractivity contribution < 1.29 is 13.7 Å². The monoisotopic (exact) mass is 400 g/mol. The molecule has 1 aromatic heterocycles. The zero-order valence-electron chi connectivity index (χ0n) is 17.4. The van der Waals surface area contributed by atoms with Crippen molar-refractivity contribution in [3.63, 3.8) is 0 Å². The Hall–Kier alpha value is -2.28. The minimum absolute atomic E-state index is 0.120. The summed E-state index contributed by atoms with van der Waals surface area (Å²) in [4.78, 5) is 21.5. The van der Waals surface area contributed by atoms with Crippen LogP contribution in [0.5, 0.6) is 0 Å². The second kappa shape index (κ2) is 7.86. The van der Waals surface area contributed by atoms with E-state index in [2.05, 4.69) is 35.9 Å². The van der Waals surface area contributed by atoms with E-state index in [1.807, 2.05) is 4.90 Å². The molecule has 1 atom stereocenters. The number of hydrogen-bond acceptors (Lipinski definition) is 5. The van der Waals surface area contributed by atoms with Crippen molar-refractivity contribution in [1.82, 2.24) is 19.9 Å². The molecule has 2 fully saturated rings. The van der Waals surface area contributed by atoms with E-state index < -0.39 is 0 Å². The molecular weight excluding hydrogens is 371 g/mol. The Kier molecular flexibility index (Phi) is 5.42. The second-order valence-electron chi connectivity index (χ2n) is 8.96. The summed E-state index contributed by atoms with van der Waals surface area (Å²) in [6, 6.07) is 6.36. The van der Waals surface area contributed by atoms with Crippen molar-refractivity contribution in [3.05, 3.63) is 47.4 Å². The molecule has 0 saturated carbocycles. The Morgan fingerprint density at radius 1 is 1.28 bits per heavy atom. The van der Waals surface area contributed by atoms with Gasteiger partial charge < -0.3 is 9.42 Å². The molecule has 0 bridgehead atoms. The van der Waals surface area contributed by atoms with E-state index >= 15 is 0 Å². The third-order valence-electron chi connectivity index (χ3n) is 6.44. The number of aromatic nitrogens is 2. The van der Waals surface area contributed by atoms with Gasteiger partial charge in [0.05, 0.1) is 12.5 Å². The van der Waals surface area contributed by atoms with Gasteiger partial charge in [0.25, 0.3) is 0 Å². The molecule has 3 heterocycles. The third kappa shape index (κ3) is 4.20. The first-order chi connectivity index (χ1) is 13.8. The highest BCUT2D eigenvalue weighted by Gasteiger charge is 2.46. The maximum Gasteiger partial charge on any atom is 0.229 e. The van der Waals surface area contributed by atoms with Crippen LogP contribution in [-0.4, -0.2) is 52.5 Å². The molecule has 6 nitrogen and oxygen atoms in total. The summed E-state index contributed by atoms with van der Waals surface area (Å²) in [5.41, 5.74) is 1.06. The highest BCUT2D eigenvalue weighted by atomic mass is 19.1. The standard InChI is InChI=1S/C22H29FN4O2/c1-15(2)21-24-20(25-29-21)18-13-22(14-26(18)3)8-10-27(11-9-22)19(28)12-16-4-6-17(23)7-5-16/h4-7,15,18H,8-14H2,1-3H3. The highest BCUT2D eigenvalue weighted by Crippen LogP contribution is 2.47. The van der Waals surface area contributed by atoms with Gasteiger partial charge in [-0.25, -0.2) is 4.39 Å². The first-order valence-electron chi connectivity index (χ1n) is 10.4. The number of nitrogens with zero attached hydrogens (tertiary/aromatic N) is 4. The molecule has 0 radical (unpaired) electrons. The topological polar surface area (TPSA) is 62.5 Å². The highest BCUT2D eigenvalue weighted by molar-refractivity contribution is 5.78. The van der Waals surface area contributed by atoms with Crippen molar-refractivity contribution in [3.8, 4) is 0 Å². The number of likely N-dealkylation sites (tertiary alicyclic amines) is 2. The number of benzene rings is 1. The molecule has 2 aromatic rings. The summed E-state index contributed by atoms with van der Waals surface area (Å²) in [6.45, 7) is 6.63. The fourth-order valence-electron chi connectivity index (χ4n) is 4.66. The molecule has 2 saturated heterocycles. The molecule has 1 amide bonds. The molecule has 4 rings (SSSR count). The Morgan fingerprint density at radius 3 is 2.59 bits per heavy atom. The predicted molar refractivity (Wildman–Crippen MR) is 107 cm³/mol. The van der Waals surface area contributed by atoms with Gasteiger partial charge in [0, 0.05) is 25.6 Å². The SMILES string of the molecule is CC(C)c1nc(C2CC3(CCN(C(=O)Cc4ccc(F)cc4)CC3)CN2C)no1. The minimum Gasteiger partial charge on any atom is -0.342 e. The molecule has 1 aromatic carbocycles. The van der Waals surface area contributed by atoms with E-state index in [0.29, 0.717) is 12.3 Å². The molecule has 7 heteroatoms. The van der Waals surface area contributed by atoms with Crippen LogP contribution in [0.1, 0.15) is 62.3 Å². The Balaban J connectivity index is 1.35. The largest absolute Gasteiger partial charge is 0.342 e. The quantitative estimate of drug-likeness (QED) is 0.785. The van der Waals surface area contributed by atoms with Gasteiger partial charge in [-0.1, -0.05) is 31.1 Å².